The van der Waals surface area contributed by atoms with Crippen LogP contribution in [-0.4, -0.2) is 29.3 Å². The molecule has 0 aliphatic carbocycles. The van der Waals surface area contributed by atoms with Crippen LogP contribution in [0.25, 0.3) is 10.6 Å². The molecule has 0 spiro atoms. The van der Waals surface area contributed by atoms with Crippen molar-refractivity contribution in [2.24, 2.45) is 12.4 Å². The number of nitrogens with zero attached hydrogens (tertiary/aromatic N) is 4. The molecule has 0 unspecified atom stereocenters. The molecule has 0 rings (SSSR count). The third kappa shape index (κ3) is 24.2. The fourth-order valence-corrected chi connectivity index (χ4v) is 2.62. The van der Waals surface area contributed by atoms with Gasteiger partial charge in [0.15, 0.2) is 0 Å². The molecule has 0 fully saturated rings. The fraction of sp³-hybridized carbons (Fsp3) is 0.950. The summed E-state index contributed by atoms with van der Waals surface area (Å²) in [4.78, 5) is 0. The maximum Gasteiger partial charge on any atom is -0.0632 e. The molecule has 5 heteroatoms. The normalized spacial score (nSPS) is 12.5. The minimum absolute atomic E-state index is 0. The third-order valence-corrected chi connectivity index (χ3v) is 5.38. The van der Waals surface area contributed by atoms with Crippen LogP contribution in [-0.2, 0) is 18.2 Å². The molecule has 0 aromatic carbocycles. The molecule has 0 saturated heterocycles. The smallest absolute Gasteiger partial charge is 0.0632 e. The predicted molar refractivity (Wildman–Crippen MR) is 111 cm³/mol. The Labute approximate surface area is 168 Å². The molecular weight excluding hydrogens is 392 g/mol. The zero-order chi connectivity index (χ0) is 19.8. The first kappa shape index (κ1) is 30.0. The molecule has 0 N–H and O–H groups in total. The van der Waals surface area contributed by atoms with Crippen LogP contribution in [0.1, 0.15) is 90.0 Å². The second-order valence-corrected chi connectivity index (χ2v) is 11.1. The van der Waals surface area contributed by atoms with Gasteiger partial charge in [-0.2, -0.15) is 0 Å². The van der Waals surface area contributed by atoms with Crippen molar-refractivity contribution in [2.45, 2.75) is 119 Å². The Kier molecular flexibility index (Phi) is 15.1. The molecule has 0 aliphatic rings. The van der Waals surface area contributed by atoms with Crippen LogP contribution < -0.4 is 0 Å². The van der Waals surface area contributed by atoms with E-state index in [0.717, 1.165) is 0 Å². The summed E-state index contributed by atoms with van der Waals surface area (Å²) in [6, 6.07) is 0.735. The Morgan fingerprint density at radius 2 is 0.920 bits per heavy atom. The SMILES string of the molecule is CC(C)(C)[N]=[Mo]=[N]C(C)(C)C.CC(C)[N-]C([N-]C(C)C)C(C)(C)C.[CH3-]. The third-order valence-electron chi connectivity index (χ3n) is 2.28. The molecule has 0 bridgehead atoms. The van der Waals surface area contributed by atoms with Crippen LogP contribution >= 0.6 is 0 Å². The molecule has 154 valence electrons. The van der Waals surface area contributed by atoms with Gasteiger partial charge in [-0.05, 0) is 0 Å². The Morgan fingerprint density at radius 1 is 0.640 bits per heavy atom. The second kappa shape index (κ2) is 12.6. The van der Waals surface area contributed by atoms with Crippen molar-refractivity contribution >= 4 is 0 Å². The van der Waals surface area contributed by atoms with Crippen LogP contribution in [0.3, 0.4) is 0 Å². The maximum absolute atomic E-state index is 4.62. The molecule has 0 atom stereocenters. The van der Waals surface area contributed by atoms with E-state index in [9.17, 15) is 0 Å². The molecule has 25 heavy (non-hydrogen) atoms. The van der Waals surface area contributed by atoms with Gasteiger partial charge in [-0.25, -0.2) is 6.17 Å². The molecule has 0 aliphatic heterocycles. The summed E-state index contributed by atoms with van der Waals surface area (Å²) in [5.41, 5.74) is 0.364. The van der Waals surface area contributed by atoms with Gasteiger partial charge in [0.1, 0.15) is 0 Å². The van der Waals surface area contributed by atoms with Crippen molar-refractivity contribution in [3.05, 3.63) is 18.1 Å². The molecule has 0 aromatic heterocycles. The molecule has 0 amide bonds. The van der Waals surface area contributed by atoms with Gasteiger partial charge in [-0.15, -0.1) is 12.1 Å². The summed E-state index contributed by atoms with van der Waals surface area (Å²) < 4.78 is 9.01. The summed E-state index contributed by atoms with van der Waals surface area (Å²) in [6.07, 6.45) is 0.132. The fourth-order valence-electron chi connectivity index (χ4n) is 1.32. The molecule has 0 radical (unpaired) electrons. The summed E-state index contributed by atoms with van der Waals surface area (Å²) in [7, 11) is 0. The molecule has 4 nitrogen and oxygen atoms in total. The van der Waals surface area contributed by atoms with Crippen LogP contribution in [0.5, 0.6) is 0 Å². The summed E-state index contributed by atoms with van der Waals surface area (Å²) in [5, 5.41) is 9.24. The Balaban J connectivity index is -0.000000377. The van der Waals surface area contributed by atoms with Crippen LogP contribution in [0, 0.1) is 12.8 Å². The van der Waals surface area contributed by atoms with E-state index in [1.807, 2.05) is 0 Å². The van der Waals surface area contributed by atoms with Gasteiger partial charge in [-0.3, -0.25) is 0 Å². The van der Waals surface area contributed by atoms with E-state index in [4.69, 9.17) is 0 Å². The van der Waals surface area contributed by atoms with E-state index < -0.39 is 18.2 Å². The van der Waals surface area contributed by atoms with E-state index in [0.29, 0.717) is 12.1 Å². The van der Waals surface area contributed by atoms with Crippen LogP contribution in [0.15, 0.2) is 6.99 Å². The van der Waals surface area contributed by atoms with Crippen molar-refractivity contribution in [3.63, 3.8) is 0 Å². The van der Waals surface area contributed by atoms with Crippen molar-refractivity contribution in [3.8, 4) is 0 Å². The van der Waals surface area contributed by atoms with E-state index in [1.54, 1.807) is 0 Å². The first-order valence-corrected chi connectivity index (χ1v) is 10.7. The topological polar surface area (TPSA) is 52.9 Å². The van der Waals surface area contributed by atoms with E-state index in [2.05, 4.69) is 108 Å². The van der Waals surface area contributed by atoms with Crippen molar-refractivity contribution < 1.29 is 18.2 Å². The first-order chi connectivity index (χ1) is 10.4. The number of hydrogen-bond donors (Lipinski definition) is 0. The van der Waals surface area contributed by atoms with E-state index in [1.165, 1.54) is 0 Å². The number of rotatable bonds is 4. The summed E-state index contributed by atoms with van der Waals surface area (Å²) >= 11 is -0.473. The molecule has 0 aromatic rings. The van der Waals surface area contributed by atoms with Crippen molar-refractivity contribution in [1.29, 1.82) is 0 Å². The van der Waals surface area contributed by atoms with Crippen LogP contribution in [0.4, 0.5) is 0 Å². The Bertz CT molecular complexity index is 361. The summed E-state index contributed by atoms with van der Waals surface area (Å²) in [6.45, 7) is 27.7. The summed E-state index contributed by atoms with van der Waals surface area (Å²) in [5.74, 6) is 0. The van der Waals surface area contributed by atoms with E-state index in [-0.39, 0.29) is 30.1 Å². The Morgan fingerprint density at radius 3 is 1.08 bits per heavy atom. The predicted octanol–water partition coefficient (Wildman–Crippen LogP) is 7.41. The quantitative estimate of drug-likeness (QED) is 0.325. The second-order valence-electron chi connectivity index (χ2n) is 9.83. The minimum Gasteiger partial charge on any atom is -0.675 e. The minimum atomic E-state index is -0.473. The van der Waals surface area contributed by atoms with Gasteiger partial charge in [0.05, 0.1) is 0 Å². The number of hydrogen-bond acceptors (Lipinski definition) is 2. The average Bonchev–Trinajstić information content (AvgIpc) is 2.22. The van der Waals surface area contributed by atoms with Crippen molar-refractivity contribution in [1.82, 2.24) is 0 Å². The van der Waals surface area contributed by atoms with Crippen LogP contribution in [0.2, 0.25) is 0 Å². The van der Waals surface area contributed by atoms with Gasteiger partial charge in [0, 0.05) is 0 Å². The monoisotopic (exact) mass is 439 g/mol. The Hall–Kier alpha value is 0.208. The van der Waals surface area contributed by atoms with Crippen molar-refractivity contribution in [2.75, 3.05) is 0 Å². The first-order valence-electron chi connectivity index (χ1n) is 8.94. The van der Waals surface area contributed by atoms with E-state index >= 15 is 0 Å². The van der Waals surface area contributed by atoms with Gasteiger partial charge < -0.3 is 18.1 Å². The zero-order valence-corrected chi connectivity index (χ0v) is 21.4. The van der Waals surface area contributed by atoms with Gasteiger partial charge in [-0.1, -0.05) is 53.9 Å². The molecule has 0 heterocycles. The zero-order valence-electron chi connectivity index (χ0n) is 19.4. The van der Waals surface area contributed by atoms with Gasteiger partial charge in [0.2, 0.25) is 0 Å². The van der Waals surface area contributed by atoms with Gasteiger partial charge >= 0.3 is 77.8 Å². The standard InChI is InChI=1S/C11H24N2.2C4H9N.CH3.Mo/c1-8(2)12-10(11(5,6)7)13-9(3)4;2*1-4(2,3)5;;/h8-10H,1-7H3;2*1-3H3;1H3;/q-2;;;-1;. The van der Waals surface area contributed by atoms with Gasteiger partial charge in [0.25, 0.3) is 0 Å². The molecular formula is C20H45MoN4-3. The molecule has 0 saturated carbocycles. The largest absolute Gasteiger partial charge is 0.675 e. The average molecular weight is 438 g/mol. The maximum atomic E-state index is 4.62.